The van der Waals surface area contributed by atoms with Gasteiger partial charge in [-0.3, -0.25) is 4.99 Å². The second kappa shape index (κ2) is 9.37. The summed E-state index contributed by atoms with van der Waals surface area (Å²) in [6.45, 7) is 6.80. The van der Waals surface area contributed by atoms with Crippen LogP contribution < -0.4 is 0 Å². The lowest BCUT2D eigenvalue weighted by molar-refractivity contribution is 0.0697. The second-order valence-corrected chi connectivity index (χ2v) is 9.20. The molecule has 0 bridgehead atoms. The van der Waals surface area contributed by atoms with Crippen LogP contribution in [0.3, 0.4) is 0 Å². The number of nitrogens with zero attached hydrogens (tertiary/aromatic N) is 4. The molecule has 3 aromatic carbocycles. The van der Waals surface area contributed by atoms with E-state index in [1.54, 1.807) is 12.1 Å². The van der Waals surface area contributed by atoms with E-state index in [9.17, 15) is 9.90 Å². The summed E-state index contributed by atoms with van der Waals surface area (Å²) in [5.41, 5.74) is 7.57. The van der Waals surface area contributed by atoms with Gasteiger partial charge in [0.15, 0.2) is 0 Å². The molecule has 178 valence electrons. The van der Waals surface area contributed by atoms with E-state index in [-0.39, 0.29) is 0 Å². The number of benzene rings is 3. The van der Waals surface area contributed by atoms with Crippen molar-refractivity contribution in [1.29, 1.82) is 0 Å². The van der Waals surface area contributed by atoms with Crippen LogP contribution in [-0.2, 0) is 13.0 Å². The van der Waals surface area contributed by atoms with Crippen LogP contribution in [0.4, 0.5) is 0 Å². The number of aromatic nitrogens is 2. The van der Waals surface area contributed by atoms with Gasteiger partial charge in [0.25, 0.3) is 0 Å². The summed E-state index contributed by atoms with van der Waals surface area (Å²) in [5.74, 6) is 1.22. The minimum absolute atomic E-state index is 0.314. The molecule has 0 aliphatic carbocycles. The molecule has 0 amide bonds. The third-order valence-corrected chi connectivity index (χ3v) is 6.68. The highest BCUT2D eigenvalue weighted by atomic mass is 16.4. The van der Waals surface area contributed by atoms with Gasteiger partial charge in [0.05, 0.1) is 23.1 Å². The van der Waals surface area contributed by atoms with E-state index in [0.29, 0.717) is 12.1 Å². The van der Waals surface area contributed by atoms with Gasteiger partial charge in [-0.2, -0.15) is 0 Å². The predicted molar refractivity (Wildman–Crippen MR) is 140 cm³/mol. The van der Waals surface area contributed by atoms with Crippen LogP contribution in [0.1, 0.15) is 46.2 Å². The van der Waals surface area contributed by atoms with E-state index in [1.807, 2.05) is 24.3 Å². The third-order valence-electron chi connectivity index (χ3n) is 6.68. The molecular formula is C29H30N4O2. The SMILES string of the molecule is CCCc1nc2c(C)cc(C3=NCCN3C)cc2n1Cc1ccc(-c2ccccc2C(=O)O)cc1. The van der Waals surface area contributed by atoms with E-state index in [2.05, 4.69) is 54.6 Å². The molecule has 35 heavy (non-hydrogen) atoms. The number of carbonyl (C=O) groups is 1. The van der Waals surface area contributed by atoms with E-state index in [0.717, 1.165) is 76.4 Å². The number of aliphatic imine (C=N–C) groups is 1. The number of imidazole rings is 1. The first-order valence-corrected chi connectivity index (χ1v) is 12.1. The standard InChI is InChI=1S/C29H30N4O2/c1-4-7-26-31-27-19(2)16-22(28-30-14-15-32(28)3)17-25(27)33(26)18-20-10-12-21(13-11-20)23-8-5-6-9-24(23)29(34)35/h5-6,8-13,16-17H,4,7,14-15,18H2,1-3H3,(H,34,35). The number of hydrogen-bond acceptors (Lipinski definition) is 4. The summed E-state index contributed by atoms with van der Waals surface area (Å²) in [7, 11) is 2.09. The van der Waals surface area contributed by atoms with Crippen LogP contribution in [0.2, 0.25) is 0 Å². The molecule has 6 heteroatoms. The lowest BCUT2D eigenvalue weighted by Crippen LogP contribution is -2.23. The summed E-state index contributed by atoms with van der Waals surface area (Å²) in [4.78, 5) is 23.6. The molecule has 0 saturated heterocycles. The molecule has 1 N–H and O–H groups in total. The third kappa shape index (κ3) is 4.32. The second-order valence-electron chi connectivity index (χ2n) is 9.20. The summed E-state index contributed by atoms with van der Waals surface area (Å²) in [5, 5.41) is 9.55. The van der Waals surface area contributed by atoms with Crippen molar-refractivity contribution < 1.29 is 9.90 Å². The fraction of sp³-hybridized carbons (Fsp3) is 0.276. The Hall–Kier alpha value is -3.93. The van der Waals surface area contributed by atoms with Crippen LogP contribution >= 0.6 is 0 Å². The molecule has 0 saturated carbocycles. The van der Waals surface area contributed by atoms with Gasteiger partial charge in [-0.15, -0.1) is 0 Å². The van der Waals surface area contributed by atoms with Crippen molar-refractivity contribution >= 4 is 22.8 Å². The fourth-order valence-corrected chi connectivity index (χ4v) is 4.90. The zero-order valence-corrected chi connectivity index (χ0v) is 20.5. The largest absolute Gasteiger partial charge is 0.478 e. The van der Waals surface area contributed by atoms with Gasteiger partial charge < -0.3 is 14.6 Å². The summed E-state index contributed by atoms with van der Waals surface area (Å²) < 4.78 is 2.32. The van der Waals surface area contributed by atoms with Gasteiger partial charge in [0, 0.05) is 32.1 Å². The number of carboxylic acids is 1. The number of aryl methyl sites for hydroxylation is 2. The lowest BCUT2D eigenvalue weighted by atomic mass is 9.98. The molecule has 0 fully saturated rings. The van der Waals surface area contributed by atoms with Gasteiger partial charge in [0.2, 0.25) is 0 Å². The molecule has 6 nitrogen and oxygen atoms in total. The van der Waals surface area contributed by atoms with Crippen LogP contribution in [0.25, 0.3) is 22.2 Å². The van der Waals surface area contributed by atoms with Crippen LogP contribution in [0, 0.1) is 6.92 Å². The molecule has 0 atom stereocenters. The predicted octanol–water partition coefficient (Wildman–Crippen LogP) is 5.40. The van der Waals surface area contributed by atoms with Crippen molar-refractivity contribution in [3.05, 3.63) is 88.7 Å². The number of likely N-dealkylation sites (N-methyl/N-ethyl adjacent to an activating group) is 1. The minimum atomic E-state index is -0.914. The monoisotopic (exact) mass is 466 g/mol. The average molecular weight is 467 g/mol. The van der Waals surface area contributed by atoms with E-state index in [4.69, 9.17) is 9.98 Å². The summed E-state index contributed by atoms with van der Waals surface area (Å²) in [6, 6.07) is 19.7. The van der Waals surface area contributed by atoms with Crippen molar-refractivity contribution in [2.45, 2.75) is 33.2 Å². The van der Waals surface area contributed by atoms with Gasteiger partial charge in [0.1, 0.15) is 11.7 Å². The van der Waals surface area contributed by atoms with Crippen molar-refractivity contribution in [3.8, 4) is 11.1 Å². The Kier molecular flexibility index (Phi) is 6.12. The molecule has 4 aromatic rings. The smallest absolute Gasteiger partial charge is 0.336 e. The van der Waals surface area contributed by atoms with Crippen LogP contribution in [0.15, 0.2) is 65.7 Å². The van der Waals surface area contributed by atoms with Crippen molar-refractivity contribution in [2.24, 2.45) is 4.99 Å². The number of aromatic carboxylic acids is 1. The molecule has 1 aliphatic heterocycles. The van der Waals surface area contributed by atoms with Gasteiger partial charge in [-0.1, -0.05) is 49.4 Å². The van der Waals surface area contributed by atoms with Crippen LogP contribution in [0.5, 0.6) is 0 Å². The Morgan fingerprint density at radius 1 is 1.06 bits per heavy atom. The first kappa shape index (κ1) is 22.8. The summed E-state index contributed by atoms with van der Waals surface area (Å²) in [6.07, 6.45) is 1.93. The highest BCUT2D eigenvalue weighted by Crippen LogP contribution is 2.27. The molecule has 0 radical (unpaired) electrons. The van der Waals surface area contributed by atoms with E-state index >= 15 is 0 Å². The zero-order valence-electron chi connectivity index (χ0n) is 20.5. The zero-order chi connectivity index (χ0) is 24.5. The molecule has 0 unspecified atom stereocenters. The van der Waals surface area contributed by atoms with E-state index in [1.165, 1.54) is 0 Å². The Labute approximate surface area is 205 Å². The van der Waals surface area contributed by atoms with Gasteiger partial charge >= 0.3 is 5.97 Å². The van der Waals surface area contributed by atoms with Crippen LogP contribution in [-0.4, -0.2) is 51.5 Å². The topological polar surface area (TPSA) is 70.7 Å². The molecule has 1 aromatic heterocycles. The molecule has 2 heterocycles. The van der Waals surface area contributed by atoms with E-state index < -0.39 is 5.97 Å². The Balaban J connectivity index is 1.53. The number of hydrogen-bond donors (Lipinski definition) is 1. The minimum Gasteiger partial charge on any atom is -0.478 e. The number of rotatable bonds is 7. The fourth-order valence-electron chi connectivity index (χ4n) is 4.90. The highest BCUT2D eigenvalue weighted by molar-refractivity contribution is 6.02. The van der Waals surface area contributed by atoms with Crippen molar-refractivity contribution in [1.82, 2.24) is 14.5 Å². The molecular weight excluding hydrogens is 436 g/mol. The Bertz CT molecular complexity index is 1430. The average Bonchev–Trinajstić information content (AvgIpc) is 3.44. The Morgan fingerprint density at radius 2 is 1.83 bits per heavy atom. The number of amidine groups is 1. The quantitative estimate of drug-likeness (QED) is 0.396. The normalized spacial score (nSPS) is 13.5. The Morgan fingerprint density at radius 3 is 2.51 bits per heavy atom. The highest BCUT2D eigenvalue weighted by Gasteiger charge is 2.19. The lowest BCUT2D eigenvalue weighted by Gasteiger charge is -2.15. The first-order valence-electron chi connectivity index (χ1n) is 12.1. The number of carboxylic acid groups (broad SMARTS) is 1. The molecule has 5 rings (SSSR count). The van der Waals surface area contributed by atoms with Gasteiger partial charge in [-0.05, 0) is 53.8 Å². The molecule has 0 spiro atoms. The van der Waals surface area contributed by atoms with Gasteiger partial charge in [-0.25, -0.2) is 9.78 Å². The van der Waals surface area contributed by atoms with Crippen molar-refractivity contribution in [3.63, 3.8) is 0 Å². The maximum absolute atomic E-state index is 11.6. The van der Waals surface area contributed by atoms with Crippen molar-refractivity contribution in [2.75, 3.05) is 20.1 Å². The summed E-state index contributed by atoms with van der Waals surface area (Å²) >= 11 is 0. The maximum atomic E-state index is 11.6. The number of fused-ring (bicyclic) bond motifs is 1. The first-order chi connectivity index (χ1) is 17.0. The maximum Gasteiger partial charge on any atom is 0.336 e. The molecule has 1 aliphatic rings.